The van der Waals surface area contributed by atoms with Crippen molar-refractivity contribution in [2.24, 2.45) is 5.73 Å². The van der Waals surface area contributed by atoms with Gasteiger partial charge in [-0.1, -0.05) is 28.0 Å². The van der Waals surface area contributed by atoms with Crippen molar-refractivity contribution >= 4 is 15.9 Å². The van der Waals surface area contributed by atoms with Gasteiger partial charge < -0.3 is 15.0 Å². The molecule has 2 rings (SSSR count). The van der Waals surface area contributed by atoms with Gasteiger partial charge in [-0.3, -0.25) is 0 Å². The molecule has 0 aliphatic rings. The molecule has 0 spiro atoms. The van der Waals surface area contributed by atoms with Crippen molar-refractivity contribution in [3.63, 3.8) is 0 Å². The number of benzene rings is 1. The van der Waals surface area contributed by atoms with Crippen molar-refractivity contribution in [2.45, 2.75) is 19.4 Å². The van der Waals surface area contributed by atoms with E-state index in [2.05, 4.69) is 21.1 Å². The highest BCUT2D eigenvalue weighted by Crippen LogP contribution is 2.32. The summed E-state index contributed by atoms with van der Waals surface area (Å²) in [7, 11) is 1.63. The van der Waals surface area contributed by atoms with Gasteiger partial charge in [0.05, 0.1) is 13.2 Å². The Morgan fingerprint density at radius 2 is 2.22 bits per heavy atom. The van der Waals surface area contributed by atoms with Crippen LogP contribution in [0.15, 0.2) is 33.3 Å². The molecule has 1 atom stereocenters. The number of nitrogens with zero attached hydrogens (tertiary/aromatic N) is 1. The molecular formula is C13H15BrN2O2. The minimum Gasteiger partial charge on any atom is -0.497 e. The van der Waals surface area contributed by atoms with Gasteiger partial charge in [0.25, 0.3) is 0 Å². The standard InChI is InChI=1S/C13H15BrN2O2/c1-3-11(15)13-7-12(16-18-13)9-6-8(17-2)4-5-10(9)14/h4-7,11H,3,15H2,1-2H3. The first kappa shape index (κ1) is 13.1. The van der Waals surface area contributed by atoms with Crippen molar-refractivity contribution in [1.82, 2.24) is 5.16 Å². The Morgan fingerprint density at radius 3 is 2.89 bits per heavy atom. The number of rotatable bonds is 4. The van der Waals surface area contributed by atoms with Gasteiger partial charge in [-0.2, -0.15) is 0 Å². The van der Waals surface area contributed by atoms with Crippen LogP contribution in [0.5, 0.6) is 5.75 Å². The molecule has 0 amide bonds. The lowest BCUT2D eigenvalue weighted by Crippen LogP contribution is -2.06. The molecule has 0 radical (unpaired) electrons. The third-order valence-electron chi connectivity index (χ3n) is 2.78. The van der Waals surface area contributed by atoms with E-state index in [9.17, 15) is 0 Å². The van der Waals surface area contributed by atoms with Gasteiger partial charge in [0.2, 0.25) is 0 Å². The Bertz CT molecular complexity index is 540. The Hall–Kier alpha value is -1.33. The van der Waals surface area contributed by atoms with Crippen LogP contribution in [0.3, 0.4) is 0 Å². The summed E-state index contributed by atoms with van der Waals surface area (Å²) in [4.78, 5) is 0. The van der Waals surface area contributed by atoms with Crippen LogP contribution >= 0.6 is 15.9 Å². The molecule has 96 valence electrons. The fourth-order valence-corrected chi connectivity index (χ4v) is 2.07. The largest absolute Gasteiger partial charge is 0.497 e. The molecule has 2 aromatic rings. The molecule has 0 saturated heterocycles. The van der Waals surface area contributed by atoms with Gasteiger partial charge in [-0.05, 0) is 24.6 Å². The number of hydrogen-bond acceptors (Lipinski definition) is 4. The Balaban J connectivity index is 2.39. The SMILES string of the molecule is CCC(N)c1cc(-c2cc(OC)ccc2Br)no1. The second kappa shape index (κ2) is 5.54. The van der Waals surface area contributed by atoms with Gasteiger partial charge in [0, 0.05) is 16.1 Å². The molecule has 0 saturated carbocycles. The minimum absolute atomic E-state index is 0.115. The van der Waals surface area contributed by atoms with Crippen LogP contribution in [0.2, 0.25) is 0 Å². The molecule has 1 heterocycles. The second-order valence-electron chi connectivity index (χ2n) is 3.98. The maximum Gasteiger partial charge on any atom is 0.154 e. The van der Waals surface area contributed by atoms with E-state index in [-0.39, 0.29) is 6.04 Å². The van der Waals surface area contributed by atoms with Gasteiger partial charge in [0.15, 0.2) is 5.76 Å². The van der Waals surface area contributed by atoms with E-state index in [1.807, 2.05) is 31.2 Å². The fraction of sp³-hybridized carbons (Fsp3) is 0.308. The maximum atomic E-state index is 5.91. The third-order valence-corrected chi connectivity index (χ3v) is 3.47. The topological polar surface area (TPSA) is 61.3 Å². The highest BCUT2D eigenvalue weighted by atomic mass is 79.9. The molecule has 1 aromatic carbocycles. The van der Waals surface area contributed by atoms with Crippen LogP contribution in [0.25, 0.3) is 11.3 Å². The summed E-state index contributed by atoms with van der Waals surface area (Å²) in [6.45, 7) is 2.01. The second-order valence-corrected chi connectivity index (χ2v) is 4.83. The third kappa shape index (κ3) is 2.57. The van der Waals surface area contributed by atoms with Crippen LogP contribution in [-0.2, 0) is 0 Å². The van der Waals surface area contributed by atoms with Gasteiger partial charge >= 0.3 is 0 Å². The van der Waals surface area contributed by atoms with E-state index in [1.165, 1.54) is 0 Å². The van der Waals surface area contributed by atoms with Crippen molar-refractivity contribution in [3.8, 4) is 17.0 Å². The summed E-state index contributed by atoms with van der Waals surface area (Å²) in [5.41, 5.74) is 7.58. The zero-order chi connectivity index (χ0) is 13.1. The summed E-state index contributed by atoms with van der Waals surface area (Å²) in [6.07, 6.45) is 0.813. The summed E-state index contributed by atoms with van der Waals surface area (Å²) in [5.74, 6) is 1.47. The summed E-state index contributed by atoms with van der Waals surface area (Å²) in [5, 5.41) is 4.05. The molecule has 2 N–H and O–H groups in total. The molecule has 1 aromatic heterocycles. The predicted molar refractivity (Wildman–Crippen MR) is 73.4 cm³/mol. The van der Waals surface area contributed by atoms with Crippen LogP contribution < -0.4 is 10.5 Å². The monoisotopic (exact) mass is 310 g/mol. The average Bonchev–Trinajstić information content (AvgIpc) is 2.88. The normalized spacial score (nSPS) is 12.4. The van der Waals surface area contributed by atoms with Gasteiger partial charge in [-0.15, -0.1) is 0 Å². The maximum absolute atomic E-state index is 5.91. The quantitative estimate of drug-likeness (QED) is 0.938. The zero-order valence-electron chi connectivity index (χ0n) is 10.3. The number of aromatic nitrogens is 1. The first-order valence-corrected chi connectivity index (χ1v) is 6.51. The number of halogens is 1. The number of hydrogen-bond donors (Lipinski definition) is 1. The molecule has 5 heteroatoms. The lowest BCUT2D eigenvalue weighted by molar-refractivity contribution is 0.360. The van der Waals surface area contributed by atoms with E-state index in [0.717, 1.165) is 27.9 Å². The highest BCUT2D eigenvalue weighted by Gasteiger charge is 2.14. The average molecular weight is 311 g/mol. The fourth-order valence-electron chi connectivity index (χ4n) is 1.62. The van der Waals surface area contributed by atoms with Crippen LogP contribution in [-0.4, -0.2) is 12.3 Å². The van der Waals surface area contributed by atoms with Gasteiger partial charge in [0.1, 0.15) is 11.4 Å². The minimum atomic E-state index is -0.115. The molecule has 4 nitrogen and oxygen atoms in total. The predicted octanol–water partition coefficient (Wildman–Crippen LogP) is 3.52. The smallest absolute Gasteiger partial charge is 0.154 e. The van der Waals surface area contributed by atoms with Crippen molar-refractivity contribution in [2.75, 3.05) is 7.11 Å². The van der Waals surface area contributed by atoms with Crippen molar-refractivity contribution < 1.29 is 9.26 Å². The lowest BCUT2D eigenvalue weighted by Gasteiger charge is -2.04. The zero-order valence-corrected chi connectivity index (χ0v) is 11.9. The number of methoxy groups -OCH3 is 1. The Kier molecular flexibility index (Phi) is 4.04. The lowest BCUT2D eigenvalue weighted by atomic mass is 10.1. The van der Waals surface area contributed by atoms with Crippen molar-refractivity contribution in [1.29, 1.82) is 0 Å². The molecule has 0 aliphatic heterocycles. The molecule has 1 unspecified atom stereocenters. The Labute approximate surface area is 114 Å². The summed E-state index contributed by atoms with van der Waals surface area (Å²) >= 11 is 3.49. The first-order chi connectivity index (χ1) is 8.65. The molecule has 0 bridgehead atoms. The van der Waals surface area contributed by atoms with E-state index < -0.39 is 0 Å². The number of nitrogens with two attached hydrogens (primary N) is 1. The molecule has 18 heavy (non-hydrogen) atoms. The van der Waals surface area contributed by atoms with E-state index in [4.69, 9.17) is 15.0 Å². The van der Waals surface area contributed by atoms with E-state index in [0.29, 0.717) is 5.76 Å². The van der Waals surface area contributed by atoms with E-state index in [1.54, 1.807) is 7.11 Å². The van der Waals surface area contributed by atoms with Crippen LogP contribution in [0.4, 0.5) is 0 Å². The van der Waals surface area contributed by atoms with Crippen LogP contribution in [0.1, 0.15) is 25.1 Å². The van der Waals surface area contributed by atoms with Crippen LogP contribution in [0, 0.1) is 0 Å². The van der Waals surface area contributed by atoms with Gasteiger partial charge in [-0.25, -0.2) is 0 Å². The molecule has 0 fully saturated rings. The number of ether oxygens (including phenoxy) is 1. The summed E-state index contributed by atoms with van der Waals surface area (Å²) < 4.78 is 11.4. The first-order valence-electron chi connectivity index (χ1n) is 5.71. The summed E-state index contributed by atoms with van der Waals surface area (Å²) in [6, 6.07) is 7.46. The Morgan fingerprint density at radius 1 is 1.44 bits per heavy atom. The van der Waals surface area contributed by atoms with E-state index >= 15 is 0 Å². The molecule has 0 aliphatic carbocycles. The molecular weight excluding hydrogens is 296 g/mol. The van der Waals surface area contributed by atoms with Crippen molar-refractivity contribution in [3.05, 3.63) is 34.5 Å². The highest BCUT2D eigenvalue weighted by molar-refractivity contribution is 9.10.